The maximum Gasteiger partial charge on any atom is 0.324 e. The van der Waals surface area contributed by atoms with Crippen LogP contribution in [0.5, 0.6) is 0 Å². The molecule has 0 spiro atoms. The second-order valence-electron chi connectivity index (χ2n) is 7.04. The van der Waals surface area contributed by atoms with E-state index in [0.717, 1.165) is 10.5 Å². The van der Waals surface area contributed by atoms with E-state index in [1.807, 2.05) is 0 Å². The van der Waals surface area contributed by atoms with Gasteiger partial charge in [0.1, 0.15) is 5.82 Å². The largest absolute Gasteiger partial charge is 0.329 e. The number of carbonyl (C=O) groups excluding carboxylic acids is 4. The molecule has 160 valence electrons. The van der Waals surface area contributed by atoms with Crippen LogP contribution in [0.25, 0.3) is 0 Å². The monoisotopic (exact) mass is 429 g/mol. The standard InChI is InChI=1S/C23H19N5O4/c29-20-13-25-23(32)28(20)14-15-7-9-16(10-8-15)21(30)26-18-5-3-4-17(12-18)22(31)27-19-6-1-2-11-24-19/h1-12H,13-14H2,(H,25,32)(H,26,30)(H,24,27,31). The third kappa shape index (κ3) is 4.78. The first kappa shape index (κ1) is 20.7. The quantitative estimate of drug-likeness (QED) is 0.520. The highest BCUT2D eigenvalue weighted by Gasteiger charge is 2.28. The minimum Gasteiger partial charge on any atom is -0.329 e. The molecule has 9 nitrogen and oxygen atoms in total. The second-order valence-corrected chi connectivity index (χ2v) is 7.04. The number of anilines is 2. The van der Waals surface area contributed by atoms with Crippen molar-refractivity contribution in [2.75, 3.05) is 17.2 Å². The zero-order valence-corrected chi connectivity index (χ0v) is 16.9. The first-order valence-corrected chi connectivity index (χ1v) is 9.80. The number of amides is 5. The van der Waals surface area contributed by atoms with Crippen molar-refractivity contribution in [1.82, 2.24) is 15.2 Å². The molecule has 1 saturated heterocycles. The third-order valence-electron chi connectivity index (χ3n) is 4.78. The van der Waals surface area contributed by atoms with Crippen LogP contribution in [-0.4, -0.2) is 40.2 Å². The molecular formula is C23H19N5O4. The van der Waals surface area contributed by atoms with Crippen molar-refractivity contribution < 1.29 is 19.2 Å². The minimum atomic E-state index is -0.427. The van der Waals surface area contributed by atoms with Crippen molar-refractivity contribution in [1.29, 1.82) is 0 Å². The topological polar surface area (TPSA) is 120 Å². The SMILES string of the molecule is O=C(Nc1cccc(C(=O)Nc2ccccn2)c1)c1ccc(CN2C(=O)CNC2=O)cc1. The van der Waals surface area contributed by atoms with Gasteiger partial charge in [0, 0.05) is 23.0 Å². The van der Waals surface area contributed by atoms with Crippen molar-refractivity contribution in [2.24, 2.45) is 0 Å². The summed E-state index contributed by atoms with van der Waals surface area (Å²) in [5, 5.41) is 7.92. The number of imide groups is 1. The van der Waals surface area contributed by atoms with Gasteiger partial charge in [0.15, 0.2) is 0 Å². The molecule has 32 heavy (non-hydrogen) atoms. The average molecular weight is 429 g/mol. The van der Waals surface area contributed by atoms with Gasteiger partial charge < -0.3 is 16.0 Å². The molecule has 0 aliphatic carbocycles. The Bertz CT molecular complexity index is 1160. The van der Waals surface area contributed by atoms with E-state index < -0.39 is 6.03 Å². The Hall–Kier alpha value is -4.53. The van der Waals surface area contributed by atoms with Gasteiger partial charge in [-0.15, -0.1) is 0 Å². The molecule has 5 amide bonds. The Morgan fingerprint density at radius 3 is 2.38 bits per heavy atom. The van der Waals surface area contributed by atoms with Crippen LogP contribution in [0.1, 0.15) is 26.3 Å². The minimum absolute atomic E-state index is 0.00172. The molecule has 2 heterocycles. The number of hydrogen-bond donors (Lipinski definition) is 3. The zero-order chi connectivity index (χ0) is 22.5. The van der Waals surface area contributed by atoms with Crippen molar-refractivity contribution in [3.05, 3.63) is 89.6 Å². The van der Waals surface area contributed by atoms with Crippen LogP contribution in [0.15, 0.2) is 72.9 Å². The van der Waals surface area contributed by atoms with E-state index in [9.17, 15) is 19.2 Å². The van der Waals surface area contributed by atoms with Crippen LogP contribution in [0.2, 0.25) is 0 Å². The van der Waals surface area contributed by atoms with Crippen molar-refractivity contribution in [3.63, 3.8) is 0 Å². The Labute approximate surface area is 183 Å². The maximum atomic E-state index is 12.6. The number of hydrogen-bond acceptors (Lipinski definition) is 5. The lowest BCUT2D eigenvalue weighted by atomic mass is 10.1. The van der Waals surface area contributed by atoms with Gasteiger partial charge in [-0.1, -0.05) is 24.3 Å². The normalized spacial score (nSPS) is 12.9. The number of pyridine rings is 1. The van der Waals surface area contributed by atoms with Crippen molar-refractivity contribution in [3.8, 4) is 0 Å². The summed E-state index contributed by atoms with van der Waals surface area (Å²) in [7, 11) is 0. The average Bonchev–Trinajstić information content (AvgIpc) is 3.12. The summed E-state index contributed by atoms with van der Waals surface area (Å²) in [4.78, 5) is 53.5. The highest BCUT2D eigenvalue weighted by atomic mass is 16.2. The lowest BCUT2D eigenvalue weighted by molar-refractivity contribution is -0.125. The molecule has 1 fully saturated rings. The first-order chi connectivity index (χ1) is 15.5. The summed E-state index contributed by atoms with van der Waals surface area (Å²) in [6.45, 7) is 0.137. The lowest BCUT2D eigenvalue weighted by Gasteiger charge is -2.12. The van der Waals surface area contributed by atoms with E-state index in [0.29, 0.717) is 22.6 Å². The van der Waals surface area contributed by atoms with E-state index in [1.165, 1.54) is 0 Å². The molecule has 0 unspecified atom stereocenters. The van der Waals surface area contributed by atoms with Gasteiger partial charge >= 0.3 is 6.03 Å². The Morgan fingerprint density at radius 2 is 1.69 bits per heavy atom. The van der Waals surface area contributed by atoms with Gasteiger partial charge in [-0.05, 0) is 48.0 Å². The van der Waals surface area contributed by atoms with Crippen LogP contribution in [0.4, 0.5) is 16.3 Å². The third-order valence-corrected chi connectivity index (χ3v) is 4.78. The number of rotatable bonds is 6. The molecule has 0 bridgehead atoms. The van der Waals surface area contributed by atoms with Crippen LogP contribution < -0.4 is 16.0 Å². The molecular weight excluding hydrogens is 410 g/mol. The van der Waals surface area contributed by atoms with E-state index >= 15 is 0 Å². The van der Waals surface area contributed by atoms with Gasteiger partial charge in [0.05, 0.1) is 13.1 Å². The Kier molecular flexibility index (Phi) is 5.89. The van der Waals surface area contributed by atoms with E-state index in [4.69, 9.17) is 0 Å². The van der Waals surface area contributed by atoms with Crippen LogP contribution in [-0.2, 0) is 11.3 Å². The van der Waals surface area contributed by atoms with Crippen molar-refractivity contribution >= 4 is 35.3 Å². The fourth-order valence-corrected chi connectivity index (χ4v) is 3.13. The number of aromatic nitrogens is 1. The van der Waals surface area contributed by atoms with Gasteiger partial charge in [0.25, 0.3) is 11.8 Å². The maximum absolute atomic E-state index is 12.6. The summed E-state index contributed by atoms with van der Waals surface area (Å²) in [5.41, 5.74) is 1.96. The summed E-state index contributed by atoms with van der Waals surface area (Å²) in [5.74, 6) is -0.553. The highest BCUT2D eigenvalue weighted by molar-refractivity contribution is 6.07. The molecule has 1 aromatic heterocycles. The molecule has 0 radical (unpaired) electrons. The molecule has 9 heteroatoms. The van der Waals surface area contributed by atoms with E-state index in [1.54, 1.807) is 72.9 Å². The Morgan fingerprint density at radius 1 is 0.906 bits per heavy atom. The molecule has 0 atom stereocenters. The summed E-state index contributed by atoms with van der Waals surface area (Å²) < 4.78 is 0. The number of carbonyl (C=O) groups is 4. The van der Waals surface area contributed by atoms with Crippen LogP contribution >= 0.6 is 0 Å². The predicted molar refractivity (Wildman–Crippen MR) is 117 cm³/mol. The molecule has 1 aliphatic heterocycles. The molecule has 0 saturated carbocycles. The highest BCUT2D eigenvalue weighted by Crippen LogP contribution is 2.15. The van der Waals surface area contributed by atoms with Crippen LogP contribution in [0, 0.1) is 0 Å². The smallest absolute Gasteiger partial charge is 0.324 e. The number of urea groups is 1. The van der Waals surface area contributed by atoms with Gasteiger partial charge in [-0.25, -0.2) is 9.78 Å². The summed E-state index contributed by atoms with van der Waals surface area (Å²) in [6, 6.07) is 17.9. The van der Waals surface area contributed by atoms with Crippen molar-refractivity contribution in [2.45, 2.75) is 6.54 Å². The summed E-state index contributed by atoms with van der Waals surface area (Å²) in [6.07, 6.45) is 1.58. The fraction of sp³-hybridized carbons (Fsp3) is 0.0870. The van der Waals surface area contributed by atoms with E-state index in [-0.39, 0.29) is 30.8 Å². The Balaban J connectivity index is 1.39. The number of benzene rings is 2. The molecule has 4 rings (SSSR count). The molecule has 1 aliphatic rings. The molecule has 2 aromatic carbocycles. The second kappa shape index (κ2) is 9.09. The fourth-order valence-electron chi connectivity index (χ4n) is 3.13. The lowest BCUT2D eigenvalue weighted by Crippen LogP contribution is -2.30. The first-order valence-electron chi connectivity index (χ1n) is 9.80. The number of nitrogens with one attached hydrogen (secondary N) is 3. The van der Waals surface area contributed by atoms with Gasteiger partial charge in [-0.3, -0.25) is 19.3 Å². The van der Waals surface area contributed by atoms with E-state index in [2.05, 4.69) is 20.9 Å². The van der Waals surface area contributed by atoms with Gasteiger partial charge in [-0.2, -0.15) is 0 Å². The number of nitrogens with zero attached hydrogens (tertiary/aromatic N) is 2. The summed E-state index contributed by atoms with van der Waals surface area (Å²) >= 11 is 0. The van der Waals surface area contributed by atoms with Crippen LogP contribution in [0.3, 0.4) is 0 Å². The molecule has 3 N–H and O–H groups in total. The predicted octanol–water partition coefficient (Wildman–Crippen LogP) is 2.64. The zero-order valence-electron chi connectivity index (χ0n) is 16.9. The molecule has 3 aromatic rings. The van der Waals surface area contributed by atoms with Gasteiger partial charge in [0.2, 0.25) is 5.91 Å².